The van der Waals surface area contributed by atoms with Crippen LogP contribution in [-0.2, 0) is 4.79 Å². The zero-order chi connectivity index (χ0) is 13.6. The molecule has 0 aromatic rings. The smallest absolute Gasteiger partial charge is 0.325 e. The van der Waals surface area contributed by atoms with Crippen LogP contribution < -0.4 is 5.73 Å². The highest BCUT2D eigenvalue weighted by atomic mass is 16.4. The molecule has 0 spiro atoms. The predicted molar refractivity (Wildman–Crippen MR) is 71.3 cm³/mol. The Balaban J connectivity index is 1.96. The molecular weight excluding hydrogens is 228 g/mol. The molecule has 1 saturated heterocycles. The third-order valence-electron chi connectivity index (χ3n) is 4.69. The van der Waals surface area contributed by atoms with Gasteiger partial charge in [0.05, 0.1) is 0 Å². The highest BCUT2D eigenvalue weighted by molar-refractivity contribution is 5.79. The molecule has 2 rings (SSSR count). The lowest BCUT2D eigenvalue weighted by Crippen LogP contribution is -2.57. The molecule has 4 nitrogen and oxygen atoms in total. The Morgan fingerprint density at radius 2 is 1.89 bits per heavy atom. The number of rotatable bonds is 4. The van der Waals surface area contributed by atoms with E-state index in [1.54, 1.807) is 0 Å². The minimum atomic E-state index is -1.02. The number of carboxylic acid groups (broad SMARTS) is 1. The van der Waals surface area contributed by atoms with Gasteiger partial charge in [-0.2, -0.15) is 0 Å². The van der Waals surface area contributed by atoms with Crippen molar-refractivity contribution in [3.05, 3.63) is 0 Å². The lowest BCUT2D eigenvalue weighted by molar-refractivity contribution is -0.145. The maximum absolute atomic E-state index is 11.4. The number of carbonyl (C=O) groups is 1. The van der Waals surface area contributed by atoms with E-state index in [1.807, 2.05) is 0 Å². The van der Waals surface area contributed by atoms with Gasteiger partial charge in [-0.05, 0) is 43.1 Å². The van der Waals surface area contributed by atoms with E-state index in [4.69, 9.17) is 5.73 Å². The van der Waals surface area contributed by atoms with Crippen LogP contribution in [0.25, 0.3) is 0 Å². The summed E-state index contributed by atoms with van der Waals surface area (Å²) in [5, 5.41) is 9.38. The zero-order valence-corrected chi connectivity index (χ0v) is 11.8. The van der Waals surface area contributed by atoms with Crippen LogP contribution in [0, 0.1) is 17.3 Å². The number of nitrogens with zero attached hydrogens (tertiary/aromatic N) is 1. The van der Waals surface area contributed by atoms with Crippen molar-refractivity contribution in [3.8, 4) is 0 Å². The van der Waals surface area contributed by atoms with Crippen LogP contribution in [-0.4, -0.2) is 41.1 Å². The van der Waals surface area contributed by atoms with E-state index < -0.39 is 11.5 Å². The summed E-state index contributed by atoms with van der Waals surface area (Å²) in [5.41, 5.74) is 5.42. The fourth-order valence-corrected chi connectivity index (χ4v) is 3.02. The molecule has 0 aromatic carbocycles. The van der Waals surface area contributed by atoms with Gasteiger partial charge in [0.1, 0.15) is 5.54 Å². The molecule has 1 aliphatic heterocycles. The Morgan fingerprint density at radius 1 is 1.28 bits per heavy atom. The van der Waals surface area contributed by atoms with Crippen molar-refractivity contribution in [1.29, 1.82) is 0 Å². The van der Waals surface area contributed by atoms with Crippen LogP contribution in [0.1, 0.15) is 40.0 Å². The van der Waals surface area contributed by atoms with Gasteiger partial charge in [-0.15, -0.1) is 0 Å². The number of carboxylic acids is 1. The normalized spacial score (nSPS) is 29.2. The molecule has 1 saturated carbocycles. The van der Waals surface area contributed by atoms with Crippen LogP contribution >= 0.6 is 0 Å². The lowest BCUT2D eigenvalue weighted by atomic mass is 9.80. The van der Waals surface area contributed by atoms with E-state index in [0.29, 0.717) is 17.9 Å². The molecule has 0 radical (unpaired) electrons. The Hall–Kier alpha value is -0.610. The topological polar surface area (TPSA) is 66.6 Å². The molecule has 0 bridgehead atoms. The number of aliphatic carboxylic acids is 1. The summed E-state index contributed by atoms with van der Waals surface area (Å²) < 4.78 is 0. The van der Waals surface area contributed by atoms with Gasteiger partial charge in [0.2, 0.25) is 0 Å². The monoisotopic (exact) mass is 254 g/mol. The minimum absolute atomic E-state index is 0.184. The van der Waals surface area contributed by atoms with Crippen molar-refractivity contribution < 1.29 is 9.90 Å². The van der Waals surface area contributed by atoms with Gasteiger partial charge in [0.15, 0.2) is 0 Å². The Kier molecular flexibility index (Phi) is 3.45. The summed E-state index contributed by atoms with van der Waals surface area (Å²) in [6.07, 6.45) is 3.10. The zero-order valence-electron chi connectivity index (χ0n) is 11.8. The molecule has 18 heavy (non-hydrogen) atoms. The van der Waals surface area contributed by atoms with Gasteiger partial charge in [0, 0.05) is 13.1 Å². The van der Waals surface area contributed by atoms with Gasteiger partial charge in [-0.25, -0.2) is 0 Å². The Labute approximate surface area is 110 Å². The largest absolute Gasteiger partial charge is 0.480 e. The summed E-state index contributed by atoms with van der Waals surface area (Å²) in [4.78, 5) is 13.7. The lowest BCUT2D eigenvalue weighted by Gasteiger charge is -2.31. The third-order valence-corrected chi connectivity index (χ3v) is 4.69. The number of likely N-dealkylation sites (tertiary alicyclic amines) is 1. The quantitative estimate of drug-likeness (QED) is 0.799. The number of nitrogens with two attached hydrogens (primary N) is 1. The predicted octanol–water partition coefficient (Wildman–Crippen LogP) is 1.55. The SMILES string of the molecule is CC(C)(C)C1CCN(CC(N)(C(=O)O)C2CC2)C1. The summed E-state index contributed by atoms with van der Waals surface area (Å²) >= 11 is 0. The van der Waals surface area contributed by atoms with E-state index in [0.717, 1.165) is 32.4 Å². The van der Waals surface area contributed by atoms with Gasteiger partial charge in [0.25, 0.3) is 0 Å². The Bertz CT molecular complexity index is 333. The van der Waals surface area contributed by atoms with Gasteiger partial charge in [-0.3, -0.25) is 4.79 Å². The number of hydrogen-bond acceptors (Lipinski definition) is 3. The van der Waals surface area contributed by atoms with Crippen LogP contribution in [0.2, 0.25) is 0 Å². The maximum atomic E-state index is 11.4. The van der Waals surface area contributed by atoms with E-state index in [1.165, 1.54) is 0 Å². The molecule has 4 heteroatoms. The summed E-state index contributed by atoms with van der Waals surface area (Å²) in [6, 6.07) is 0. The summed E-state index contributed by atoms with van der Waals surface area (Å²) in [5.74, 6) is 0.00245. The van der Waals surface area contributed by atoms with Crippen molar-refractivity contribution in [1.82, 2.24) is 4.90 Å². The fourth-order valence-electron chi connectivity index (χ4n) is 3.02. The molecule has 2 unspecified atom stereocenters. The standard InChI is InChI=1S/C14H26N2O2/c1-13(2,3)11-6-7-16(8-11)9-14(15,12(17)18)10-4-5-10/h10-11H,4-9,15H2,1-3H3,(H,17,18). The molecule has 3 N–H and O–H groups in total. The third kappa shape index (κ3) is 2.69. The second kappa shape index (κ2) is 4.49. The van der Waals surface area contributed by atoms with Crippen LogP contribution in [0.3, 0.4) is 0 Å². The van der Waals surface area contributed by atoms with Crippen LogP contribution in [0.5, 0.6) is 0 Å². The average Bonchev–Trinajstić information content (AvgIpc) is 2.98. The van der Waals surface area contributed by atoms with Crippen molar-refractivity contribution in [2.45, 2.75) is 45.6 Å². The Morgan fingerprint density at radius 3 is 2.28 bits per heavy atom. The molecule has 2 atom stereocenters. The molecule has 0 aromatic heterocycles. The van der Waals surface area contributed by atoms with Gasteiger partial charge in [-0.1, -0.05) is 20.8 Å². The summed E-state index contributed by atoms with van der Waals surface area (Å²) in [6.45, 7) is 9.27. The van der Waals surface area contributed by atoms with E-state index in [9.17, 15) is 9.90 Å². The molecule has 0 amide bonds. The van der Waals surface area contributed by atoms with Gasteiger partial charge >= 0.3 is 5.97 Å². The van der Waals surface area contributed by atoms with Crippen molar-refractivity contribution in [2.75, 3.05) is 19.6 Å². The van der Waals surface area contributed by atoms with Crippen LogP contribution in [0.4, 0.5) is 0 Å². The first kappa shape index (κ1) is 13.8. The second-order valence-corrected chi connectivity index (χ2v) is 7.21. The van der Waals surface area contributed by atoms with E-state index >= 15 is 0 Å². The van der Waals surface area contributed by atoms with Crippen LogP contribution in [0.15, 0.2) is 0 Å². The fraction of sp³-hybridized carbons (Fsp3) is 0.929. The maximum Gasteiger partial charge on any atom is 0.325 e. The first-order chi connectivity index (χ1) is 8.23. The molecular formula is C14H26N2O2. The van der Waals surface area contributed by atoms with Gasteiger partial charge < -0.3 is 15.7 Å². The molecule has 2 fully saturated rings. The average molecular weight is 254 g/mol. The van der Waals surface area contributed by atoms with E-state index in [2.05, 4.69) is 25.7 Å². The van der Waals surface area contributed by atoms with Crippen molar-refractivity contribution >= 4 is 5.97 Å². The molecule has 104 valence electrons. The first-order valence-electron chi connectivity index (χ1n) is 6.98. The molecule has 2 aliphatic rings. The van der Waals surface area contributed by atoms with Crippen molar-refractivity contribution in [3.63, 3.8) is 0 Å². The summed E-state index contributed by atoms with van der Waals surface area (Å²) in [7, 11) is 0. The van der Waals surface area contributed by atoms with Crippen molar-refractivity contribution in [2.24, 2.45) is 23.0 Å². The van der Waals surface area contributed by atoms with E-state index in [-0.39, 0.29) is 5.92 Å². The molecule has 1 heterocycles. The minimum Gasteiger partial charge on any atom is -0.480 e. The molecule has 1 aliphatic carbocycles. The number of hydrogen-bond donors (Lipinski definition) is 2. The highest BCUT2D eigenvalue weighted by Crippen LogP contribution is 2.40. The second-order valence-electron chi connectivity index (χ2n) is 7.21. The highest BCUT2D eigenvalue weighted by Gasteiger charge is 2.50. The first-order valence-corrected chi connectivity index (χ1v) is 6.98.